The highest BCUT2D eigenvalue weighted by Crippen LogP contribution is 2.32. The molecule has 5 nitrogen and oxygen atoms in total. The molecule has 1 aliphatic heterocycles. The molecule has 2 rings (SSSR count). The molecule has 0 N–H and O–H groups in total. The first-order valence-electron chi connectivity index (χ1n) is 7.97. The van der Waals surface area contributed by atoms with Gasteiger partial charge in [-0.3, -0.25) is 9.59 Å². The minimum Gasteiger partial charge on any atom is -0.331 e. The van der Waals surface area contributed by atoms with E-state index in [-0.39, 0.29) is 30.4 Å². The molecule has 0 aliphatic carbocycles. The molecular formula is C17H20F3N3O2. The molecule has 1 heterocycles. The number of benzene rings is 1. The Balaban J connectivity index is 2.27. The summed E-state index contributed by atoms with van der Waals surface area (Å²) in [6.45, 7) is 3.74. The maximum Gasteiger partial charge on any atom is 0.416 e. The van der Waals surface area contributed by atoms with Crippen LogP contribution in [0.4, 0.5) is 13.2 Å². The largest absolute Gasteiger partial charge is 0.416 e. The lowest BCUT2D eigenvalue weighted by molar-refractivity contribution is -0.137. The van der Waals surface area contributed by atoms with Crippen LogP contribution in [-0.2, 0) is 15.8 Å². The normalized spacial score (nSPS) is 16.5. The summed E-state index contributed by atoms with van der Waals surface area (Å²) in [5.74, 6) is -0.544. The van der Waals surface area contributed by atoms with Crippen molar-refractivity contribution in [3.63, 3.8) is 0 Å². The van der Waals surface area contributed by atoms with Gasteiger partial charge in [0.15, 0.2) is 0 Å². The van der Waals surface area contributed by atoms with Crippen molar-refractivity contribution in [3.05, 3.63) is 35.4 Å². The van der Waals surface area contributed by atoms with Gasteiger partial charge in [-0.05, 0) is 31.5 Å². The molecule has 8 heteroatoms. The fourth-order valence-corrected chi connectivity index (χ4v) is 2.74. The van der Waals surface area contributed by atoms with Crippen molar-refractivity contribution in [3.8, 4) is 0 Å². The van der Waals surface area contributed by atoms with Gasteiger partial charge < -0.3 is 4.90 Å². The lowest BCUT2D eigenvalue weighted by atomic mass is 10.0. The summed E-state index contributed by atoms with van der Waals surface area (Å²) >= 11 is 0. The van der Waals surface area contributed by atoms with Crippen molar-refractivity contribution in [1.29, 1.82) is 0 Å². The first-order chi connectivity index (χ1) is 11.6. The van der Waals surface area contributed by atoms with E-state index < -0.39 is 17.8 Å². The van der Waals surface area contributed by atoms with E-state index in [1.165, 1.54) is 18.0 Å². The van der Waals surface area contributed by atoms with Gasteiger partial charge in [-0.2, -0.15) is 18.3 Å². The Morgan fingerprint density at radius 1 is 1.36 bits per heavy atom. The Morgan fingerprint density at radius 3 is 2.60 bits per heavy atom. The average Bonchev–Trinajstić information content (AvgIpc) is 2.57. The second-order valence-corrected chi connectivity index (χ2v) is 5.85. The minimum atomic E-state index is -4.44. The molecule has 1 aromatic rings. The number of nitrogens with zero attached hydrogens (tertiary/aromatic N) is 3. The van der Waals surface area contributed by atoms with Crippen LogP contribution in [0.5, 0.6) is 0 Å². The third-order valence-corrected chi connectivity index (χ3v) is 4.22. The molecule has 0 saturated heterocycles. The smallest absolute Gasteiger partial charge is 0.331 e. The highest BCUT2D eigenvalue weighted by molar-refractivity contribution is 6.39. The van der Waals surface area contributed by atoms with Gasteiger partial charge in [0, 0.05) is 26.4 Å². The number of halogens is 3. The Morgan fingerprint density at radius 2 is 2.04 bits per heavy atom. The molecule has 0 radical (unpaired) electrons. The van der Waals surface area contributed by atoms with Crippen molar-refractivity contribution >= 4 is 17.5 Å². The number of alkyl halides is 3. The molecule has 1 unspecified atom stereocenters. The molecule has 0 aromatic heterocycles. The molecule has 0 fully saturated rings. The van der Waals surface area contributed by atoms with Gasteiger partial charge in [0.05, 0.1) is 11.6 Å². The molecule has 0 spiro atoms. The van der Waals surface area contributed by atoms with Gasteiger partial charge in [0.2, 0.25) is 5.91 Å². The SMILES string of the molecule is CCN(C(=O)C1=NN(C)C(=O)CC1)C(C)c1cccc(C(F)(F)F)c1. The van der Waals surface area contributed by atoms with Crippen molar-refractivity contribution in [2.45, 2.75) is 38.9 Å². The number of hydrogen-bond acceptors (Lipinski definition) is 3. The lowest BCUT2D eigenvalue weighted by Crippen LogP contribution is -2.41. The van der Waals surface area contributed by atoms with Crippen LogP contribution in [0, 0.1) is 0 Å². The molecule has 1 atom stereocenters. The van der Waals surface area contributed by atoms with Crippen LogP contribution in [0.2, 0.25) is 0 Å². The summed E-state index contributed by atoms with van der Waals surface area (Å²) in [6.07, 6.45) is -4.02. The summed E-state index contributed by atoms with van der Waals surface area (Å²) in [5.41, 5.74) is -0.116. The molecule has 0 bridgehead atoms. The Labute approximate surface area is 144 Å². The van der Waals surface area contributed by atoms with Crippen molar-refractivity contribution in [2.24, 2.45) is 5.10 Å². The number of hydrazone groups is 1. The number of carbonyl (C=O) groups is 2. The van der Waals surface area contributed by atoms with Gasteiger partial charge in [-0.25, -0.2) is 5.01 Å². The van der Waals surface area contributed by atoms with E-state index in [1.54, 1.807) is 19.9 Å². The molecule has 1 aliphatic rings. The van der Waals surface area contributed by atoms with Crippen LogP contribution < -0.4 is 0 Å². The third-order valence-electron chi connectivity index (χ3n) is 4.22. The first kappa shape index (κ1) is 19.0. The van der Waals surface area contributed by atoms with Gasteiger partial charge in [0.1, 0.15) is 5.71 Å². The molecule has 1 aromatic carbocycles. The zero-order valence-corrected chi connectivity index (χ0v) is 14.3. The summed E-state index contributed by atoms with van der Waals surface area (Å²) in [4.78, 5) is 25.6. The van der Waals surface area contributed by atoms with E-state index in [4.69, 9.17) is 0 Å². The predicted molar refractivity (Wildman–Crippen MR) is 86.7 cm³/mol. The van der Waals surface area contributed by atoms with Crippen molar-refractivity contribution < 1.29 is 22.8 Å². The van der Waals surface area contributed by atoms with E-state index in [2.05, 4.69) is 5.10 Å². The van der Waals surface area contributed by atoms with Crippen LogP contribution in [0.15, 0.2) is 29.4 Å². The Hall–Kier alpha value is -2.38. The van der Waals surface area contributed by atoms with Gasteiger partial charge in [-0.15, -0.1) is 0 Å². The monoisotopic (exact) mass is 355 g/mol. The Kier molecular flexibility index (Phi) is 5.49. The maximum atomic E-state index is 12.9. The summed E-state index contributed by atoms with van der Waals surface area (Å²) in [6, 6.07) is 4.40. The molecular weight excluding hydrogens is 335 g/mol. The molecule has 0 saturated carbocycles. The quantitative estimate of drug-likeness (QED) is 0.833. The zero-order chi connectivity index (χ0) is 18.8. The average molecular weight is 355 g/mol. The molecule has 2 amide bonds. The summed E-state index contributed by atoms with van der Waals surface area (Å²) < 4.78 is 38.7. The van der Waals surface area contributed by atoms with Crippen LogP contribution >= 0.6 is 0 Å². The fraction of sp³-hybridized carbons (Fsp3) is 0.471. The van der Waals surface area contributed by atoms with E-state index in [0.29, 0.717) is 12.1 Å². The fourth-order valence-electron chi connectivity index (χ4n) is 2.74. The van der Waals surface area contributed by atoms with Gasteiger partial charge >= 0.3 is 6.18 Å². The molecule has 136 valence electrons. The summed E-state index contributed by atoms with van der Waals surface area (Å²) in [7, 11) is 1.47. The highest BCUT2D eigenvalue weighted by Gasteiger charge is 2.32. The number of hydrogen-bond donors (Lipinski definition) is 0. The Bertz CT molecular complexity index is 701. The topological polar surface area (TPSA) is 53.0 Å². The van der Waals surface area contributed by atoms with E-state index >= 15 is 0 Å². The van der Waals surface area contributed by atoms with E-state index in [1.807, 2.05) is 0 Å². The van der Waals surface area contributed by atoms with Crippen molar-refractivity contribution in [1.82, 2.24) is 9.91 Å². The highest BCUT2D eigenvalue weighted by atomic mass is 19.4. The van der Waals surface area contributed by atoms with E-state index in [0.717, 1.165) is 17.1 Å². The predicted octanol–water partition coefficient (Wildman–Crippen LogP) is 3.22. The van der Waals surface area contributed by atoms with Gasteiger partial charge in [0.25, 0.3) is 5.91 Å². The van der Waals surface area contributed by atoms with Crippen LogP contribution in [0.25, 0.3) is 0 Å². The number of rotatable bonds is 4. The third kappa shape index (κ3) is 4.18. The zero-order valence-electron chi connectivity index (χ0n) is 14.3. The standard InChI is InChI=1S/C17H20F3N3O2/c1-4-23(16(25)14-8-9-15(24)22(3)21-14)11(2)12-6-5-7-13(10-12)17(18,19)20/h5-7,10-11H,4,8-9H2,1-3H3. The van der Waals surface area contributed by atoms with Crippen LogP contribution in [0.3, 0.4) is 0 Å². The second-order valence-electron chi connectivity index (χ2n) is 5.85. The van der Waals surface area contributed by atoms with Crippen LogP contribution in [-0.4, -0.2) is 41.0 Å². The van der Waals surface area contributed by atoms with Crippen molar-refractivity contribution in [2.75, 3.05) is 13.6 Å². The van der Waals surface area contributed by atoms with Crippen LogP contribution in [0.1, 0.15) is 43.9 Å². The van der Waals surface area contributed by atoms with Gasteiger partial charge in [-0.1, -0.05) is 12.1 Å². The summed E-state index contributed by atoms with van der Waals surface area (Å²) in [5, 5.41) is 5.12. The maximum absolute atomic E-state index is 12.9. The number of amides is 2. The number of carbonyl (C=O) groups excluding carboxylic acids is 2. The second kappa shape index (κ2) is 7.25. The van der Waals surface area contributed by atoms with E-state index in [9.17, 15) is 22.8 Å². The minimum absolute atomic E-state index is 0.175. The first-order valence-corrected chi connectivity index (χ1v) is 7.97. The lowest BCUT2D eigenvalue weighted by Gasteiger charge is -2.30. The molecule has 25 heavy (non-hydrogen) atoms.